The van der Waals surface area contributed by atoms with E-state index in [1.54, 1.807) is 0 Å². The largest absolute Gasteiger partial charge is 0.297 e. The highest BCUT2D eigenvalue weighted by atomic mass is 17.1. The summed E-state index contributed by atoms with van der Waals surface area (Å²) in [7, 11) is 0. The molecule has 0 bridgehead atoms. The van der Waals surface area contributed by atoms with E-state index in [0.717, 1.165) is 0 Å². The van der Waals surface area contributed by atoms with Crippen LogP contribution in [-0.2, 0) is 14.6 Å². The first-order valence-electron chi connectivity index (χ1n) is 3.42. The number of Topliss-reactive ketones (excluding diaryl/α,β-unsaturated/α-hetero) is 1. The fourth-order valence-electron chi connectivity index (χ4n) is 1.21. The Kier molecular flexibility index (Phi) is 2.95. The van der Waals surface area contributed by atoms with Crippen LogP contribution >= 0.6 is 0 Å². The first-order valence-corrected chi connectivity index (χ1v) is 3.42. The maximum atomic E-state index is 10.9. The Hall–Kier alpha value is -0.490. The van der Waals surface area contributed by atoms with Crippen molar-refractivity contribution >= 4 is 5.78 Å². The Labute approximate surface area is 63.4 Å². The van der Waals surface area contributed by atoms with Gasteiger partial charge in [-0.25, -0.2) is 9.78 Å². The minimum atomic E-state index is -1.02. The van der Waals surface area contributed by atoms with E-state index in [2.05, 4.69) is 9.78 Å². The molecule has 1 saturated carbocycles. The van der Waals surface area contributed by atoms with Crippen LogP contribution in [0.25, 0.3) is 0 Å². The van der Waals surface area contributed by atoms with Gasteiger partial charge in [0.25, 0.3) is 0 Å². The zero-order valence-electron chi connectivity index (χ0n) is 5.90. The zero-order chi connectivity index (χ0) is 8.27. The molecule has 2 N–H and O–H groups in total. The molecule has 0 saturated heterocycles. The average molecular weight is 162 g/mol. The SMILES string of the molecule is O=C1CCCC(OO)C1OO. The Balaban J connectivity index is 2.56. The summed E-state index contributed by atoms with van der Waals surface area (Å²) < 4.78 is 0. The highest BCUT2D eigenvalue weighted by Crippen LogP contribution is 2.19. The summed E-state index contributed by atoms with van der Waals surface area (Å²) in [4.78, 5) is 18.8. The topological polar surface area (TPSA) is 76.0 Å². The third kappa shape index (κ3) is 1.75. The summed E-state index contributed by atoms with van der Waals surface area (Å²) in [6.45, 7) is 0. The normalized spacial score (nSPS) is 32.4. The van der Waals surface area contributed by atoms with Crippen LogP contribution in [0.4, 0.5) is 0 Å². The van der Waals surface area contributed by atoms with E-state index in [1.807, 2.05) is 0 Å². The highest BCUT2D eigenvalue weighted by molar-refractivity contribution is 5.84. The monoisotopic (exact) mass is 162 g/mol. The van der Waals surface area contributed by atoms with Crippen LogP contribution in [-0.4, -0.2) is 28.5 Å². The molecule has 5 nitrogen and oxygen atoms in total. The maximum absolute atomic E-state index is 10.9. The van der Waals surface area contributed by atoms with Gasteiger partial charge >= 0.3 is 0 Å². The Bertz CT molecular complexity index is 146. The number of carbonyl (C=O) groups is 1. The third-order valence-corrected chi connectivity index (χ3v) is 1.82. The second-order valence-corrected chi connectivity index (χ2v) is 2.53. The third-order valence-electron chi connectivity index (χ3n) is 1.82. The molecule has 0 aromatic carbocycles. The van der Waals surface area contributed by atoms with E-state index < -0.39 is 12.2 Å². The van der Waals surface area contributed by atoms with Gasteiger partial charge in [-0.3, -0.25) is 15.3 Å². The minimum Gasteiger partial charge on any atom is -0.297 e. The van der Waals surface area contributed by atoms with Crippen molar-refractivity contribution in [2.24, 2.45) is 0 Å². The summed E-state index contributed by atoms with van der Waals surface area (Å²) in [6, 6.07) is 0. The standard InChI is InChI=1S/C6H10O5/c7-4-2-1-3-5(10-8)6(4)11-9/h5-6,8-9H,1-3H2. The fraction of sp³-hybridized carbons (Fsp3) is 0.833. The van der Waals surface area contributed by atoms with Crippen molar-refractivity contribution in [1.29, 1.82) is 0 Å². The van der Waals surface area contributed by atoms with Gasteiger partial charge in [-0.05, 0) is 12.8 Å². The lowest BCUT2D eigenvalue weighted by Crippen LogP contribution is -2.40. The summed E-state index contributed by atoms with van der Waals surface area (Å²) in [5.74, 6) is -0.238. The van der Waals surface area contributed by atoms with Crippen LogP contribution in [0.5, 0.6) is 0 Å². The van der Waals surface area contributed by atoms with E-state index >= 15 is 0 Å². The number of rotatable bonds is 2. The summed E-state index contributed by atoms with van der Waals surface area (Å²) >= 11 is 0. The van der Waals surface area contributed by atoms with Crippen molar-refractivity contribution in [3.63, 3.8) is 0 Å². The summed E-state index contributed by atoms with van der Waals surface area (Å²) in [6.07, 6.45) is -0.197. The van der Waals surface area contributed by atoms with Crippen LogP contribution in [0, 0.1) is 0 Å². The molecule has 64 valence electrons. The lowest BCUT2D eigenvalue weighted by Gasteiger charge is -2.24. The van der Waals surface area contributed by atoms with Gasteiger partial charge in [0, 0.05) is 6.42 Å². The van der Waals surface area contributed by atoms with E-state index in [0.29, 0.717) is 19.3 Å². The van der Waals surface area contributed by atoms with E-state index in [1.165, 1.54) is 0 Å². The van der Waals surface area contributed by atoms with E-state index in [4.69, 9.17) is 10.5 Å². The van der Waals surface area contributed by atoms with Gasteiger partial charge in [-0.2, -0.15) is 0 Å². The Morgan fingerprint density at radius 3 is 2.55 bits per heavy atom. The summed E-state index contributed by atoms with van der Waals surface area (Å²) in [5, 5.41) is 16.5. The van der Waals surface area contributed by atoms with Crippen molar-refractivity contribution in [3.05, 3.63) is 0 Å². The minimum absolute atomic E-state index is 0.238. The average Bonchev–Trinajstić information content (AvgIpc) is 2.04. The van der Waals surface area contributed by atoms with E-state index in [9.17, 15) is 4.79 Å². The second kappa shape index (κ2) is 3.77. The number of ketones is 1. The smallest absolute Gasteiger partial charge is 0.180 e. The van der Waals surface area contributed by atoms with Crippen molar-refractivity contribution < 1.29 is 25.1 Å². The molecule has 0 heterocycles. The molecule has 0 amide bonds. The maximum Gasteiger partial charge on any atom is 0.180 e. The van der Waals surface area contributed by atoms with E-state index in [-0.39, 0.29) is 5.78 Å². The van der Waals surface area contributed by atoms with Gasteiger partial charge in [0.15, 0.2) is 11.9 Å². The van der Waals surface area contributed by atoms with Gasteiger partial charge in [0.1, 0.15) is 6.10 Å². The van der Waals surface area contributed by atoms with Gasteiger partial charge in [-0.1, -0.05) is 0 Å². The number of hydrogen-bond acceptors (Lipinski definition) is 5. The van der Waals surface area contributed by atoms with Crippen LogP contribution in [0.15, 0.2) is 0 Å². The van der Waals surface area contributed by atoms with Crippen molar-refractivity contribution in [1.82, 2.24) is 0 Å². The first kappa shape index (κ1) is 8.61. The van der Waals surface area contributed by atoms with Crippen LogP contribution in [0.3, 0.4) is 0 Å². The van der Waals surface area contributed by atoms with Crippen molar-refractivity contribution in [3.8, 4) is 0 Å². The van der Waals surface area contributed by atoms with Gasteiger partial charge < -0.3 is 0 Å². The molecule has 1 aliphatic rings. The quantitative estimate of drug-likeness (QED) is 0.455. The highest BCUT2D eigenvalue weighted by Gasteiger charge is 2.34. The van der Waals surface area contributed by atoms with Crippen LogP contribution in [0.2, 0.25) is 0 Å². The predicted molar refractivity (Wildman–Crippen MR) is 33.9 cm³/mol. The van der Waals surface area contributed by atoms with Crippen molar-refractivity contribution in [2.75, 3.05) is 0 Å². The van der Waals surface area contributed by atoms with Crippen molar-refractivity contribution in [2.45, 2.75) is 31.5 Å². The van der Waals surface area contributed by atoms with Gasteiger partial charge in [0.05, 0.1) is 0 Å². The molecule has 2 atom stereocenters. The fourth-order valence-corrected chi connectivity index (χ4v) is 1.21. The zero-order valence-corrected chi connectivity index (χ0v) is 5.90. The molecule has 1 fully saturated rings. The molecular formula is C6H10O5. The predicted octanol–water partition coefficient (Wildman–Crippen LogP) is 0.456. The molecule has 0 aromatic rings. The first-order chi connectivity index (χ1) is 5.29. The summed E-state index contributed by atoms with van der Waals surface area (Å²) in [5.41, 5.74) is 0. The molecule has 0 aliphatic heterocycles. The Morgan fingerprint density at radius 1 is 1.36 bits per heavy atom. The van der Waals surface area contributed by atoms with Crippen LogP contribution < -0.4 is 0 Å². The van der Waals surface area contributed by atoms with Gasteiger partial charge in [-0.15, -0.1) is 0 Å². The number of hydrogen-bond donors (Lipinski definition) is 2. The molecule has 2 unspecified atom stereocenters. The second-order valence-electron chi connectivity index (χ2n) is 2.53. The molecular weight excluding hydrogens is 152 g/mol. The molecule has 0 aromatic heterocycles. The van der Waals surface area contributed by atoms with Gasteiger partial charge in [0.2, 0.25) is 0 Å². The number of carbonyl (C=O) groups excluding carboxylic acids is 1. The van der Waals surface area contributed by atoms with Crippen LogP contribution in [0.1, 0.15) is 19.3 Å². The molecule has 0 radical (unpaired) electrons. The molecule has 1 rings (SSSR count). The molecule has 1 aliphatic carbocycles. The Morgan fingerprint density at radius 2 is 2.09 bits per heavy atom. The molecule has 5 heteroatoms. The lowest BCUT2D eigenvalue weighted by atomic mass is 9.94. The molecule has 11 heavy (non-hydrogen) atoms. The molecule has 0 spiro atoms. The lowest BCUT2D eigenvalue weighted by molar-refractivity contribution is -0.349.